The minimum absolute atomic E-state index is 0.0905. The molecule has 0 spiro atoms. The third kappa shape index (κ3) is 5.34. The summed E-state index contributed by atoms with van der Waals surface area (Å²) in [6.45, 7) is 4.87. The van der Waals surface area contributed by atoms with E-state index >= 15 is 0 Å². The molecule has 0 radical (unpaired) electrons. The lowest BCUT2D eigenvalue weighted by Gasteiger charge is -2.24. The minimum atomic E-state index is -0.751. The number of hydrogen-bond donors (Lipinski definition) is 0. The first kappa shape index (κ1) is 26.7. The van der Waals surface area contributed by atoms with Crippen LogP contribution in [0.3, 0.4) is 0 Å². The van der Waals surface area contributed by atoms with Gasteiger partial charge in [0.05, 0.1) is 40.6 Å². The number of nitrogens with zero attached hydrogens (tertiary/aromatic N) is 2. The molecule has 0 N–H and O–H groups in total. The molecule has 11 heteroatoms. The van der Waals surface area contributed by atoms with Crippen LogP contribution in [0.4, 0.5) is 0 Å². The number of ether oxygens (including phenoxy) is 3. The Bertz CT molecular complexity index is 1610. The SMILES string of the molecule is CCOC(=O)C1=C(C)N=c2sc(=Cc3cc(Cl)c(OC(C)=O)c(OC)c3)c(=O)n2C1c1ccc(Cl)cc1. The van der Waals surface area contributed by atoms with Gasteiger partial charge in [-0.3, -0.25) is 14.2 Å². The molecule has 0 saturated carbocycles. The second-order valence-corrected chi connectivity index (χ2v) is 9.83. The van der Waals surface area contributed by atoms with Crippen molar-refractivity contribution in [1.82, 2.24) is 4.57 Å². The van der Waals surface area contributed by atoms with Crippen LogP contribution in [0.1, 0.15) is 37.9 Å². The number of carbonyl (C=O) groups is 2. The van der Waals surface area contributed by atoms with Crippen LogP contribution in [0.25, 0.3) is 6.08 Å². The van der Waals surface area contributed by atoms with Crippen molar-refractivity contribution in [2.75, 3.05) is 13.7 Å². The number of thiazole rings is 1. The fourth-order valence-corrected chi connectivity index (χ4v) is 5.40. The Balaban J connectivity index is 1.91. The highest BCUT2D eigenvalue weighted by Gasteiger charge is 2.33. The second-order valence-electron chi connectivity index (χ2n) is 7.98. The van der Waals surface area contributed by atoms with E-state index in [0.717, 1.165) is 0 Å². The molecule has 0 bridgehead atoms. The Labute approximate surface area is 226 Å². The highest BCUT2D eigenvalue weighted by Crippen LogP contribution is 2.37. The topological polar surface area (TPSA) is 96.2 Å². The van der Waals surface area contributed by atoms with Crippen LogP contribution in [0, 0.1) is 0 Å². The molecule has 1 aliphatic rings. The van der Waals surface area contributed by atoms with E-state index < -0.39 is 18.0 Å². The average Bonchev–Trinajstić information content (AvgIpc) is 3.14. The highest BCUT2D eigenvalue weighted by molar-refractivity contribution is 7.07. The molecule has 2 aromatic carbocycles. The standard InChI is InChI=1S/C26H22Cl2N2O6S/c1-5-35-25(33)21-13(2)29-26-30(22(21)16-6-8-17(27)9-7-16)24(32)20(37-26)12-15-10-18(28)23(36-14(3)31)19(11-15)34-4/h6-12,22H,5H2,1-4H3. The van der Waals surface area contributed by atoms with Gasteiger partial charge in [0, 0.05) is 11.9 Å². The normalized spacial score (nSPS) is 15.2. The number of benzene rings is 2. The highest BCUT2D eigenvalue weighted by atomic mass is 35.5. The largest absolute Gasteiger partial charge is 0.493 e. The molecule has 0 saturated heterocycles. The van der Waals surface area contributed by atoms with Crippen molar-refractivity contribution in [2.24, 2.45) is 4.99 Å². The van der Waals surface area contributed by atoms with Crippen LogP contribution in [0.15, 0.2) is 57.5 Å². The molecule has 1 aliphatic heterocycles. The van der Waals surface area contributed by atoms with Gasteiger partial charge in [-0.2, -0.15) is 0 Å². The monoisotopic (exact) mass is 560 g/mol. The number of fused-ring (bicyclic) bond motifs is 1. The van der Waals surface area contributed by atoms with E-state index in [1.165, 1.54) is 29.9 Å². The van der Waals surface area contributed by atoms with E-state index in [2.05, 4.69) is 4.99 Å². The van der Waals surface area contributed by atoms with Gasteiger partial charge in [0.15, 0.2) is 16.3 Å². The zero-order valence-electron chi connectivity index (χ0n) is 20.3. The smallest absolute Gasteiger partial charge is 0.338 e. The first-order valence-corrected chi connectivity index (χ1v) is 12.7. The summed E-state index contributed by atoms with van der Waals surface area (Å²) >= 11 is 13.6. The van der Waals surface area contributed by atoms with Crippen LogP contribution in [0.2, 0.25) is 10.0 Å². The fourth-order valence-electron chi connectivity index (χ4n) is 3.97. The molecule has 0 fully saturated rings. The van der Waals surface area contributed by atoms with Crippen LogP contribution < -0.4 is 24.4 Å². The summed E-state index contributed by atoms with van der Waals surface area (Å²) in [5.41, 5.74) is 1.62. The van der Waals surface area contributed by atoms with Gasteiger partial charge in [0.25, 0.3) is 5.56 Å². The van der Waals surface area contributed by atoms with E-state index in [1.807, 2.05) is 0 Å². The summed E-state index contributed by atoms with van der Waals surface area (Å²) in [5, 5.41) is 0.672. The van der Waals surface area contributed by atoms with Crippen molar-refractivity contribution in [3.8, 4) is 11.5 Å². The van der Waals surface area contributed by atoms with Gasteiger partial charge in [0.2, 0.25) is 0 Å². The molecular formula is C26H22Cl2N2O6S. The number of methoxy groups -OCH3 is 1. The Morgan fingerprint density at radius 3 is 2.51 bits per heavy atom. The first-order valence-electron chi connectivity index (χ1n) is 11.2. The van der Waals surface area contributed by atoms with Crippen molar-refractivity contribution >= 4 is 52.6 Å². The molecule has 1 unspecified atom stereocenters. The van der Waals surface area contributed by atoms with Gasteiger partial charge >= 0.3 is 11.9 Å². The predicted octanol–water partition coefficient (Wildman–Crippen LogP) is 4.04. The fraction of sp³-hybridized carbons (Fsp3) is 0.231. The summed E-state index contributed by atoms with van der Waals surface area (Å²) in [7, 11) is 1.42. The predicted molar refractivity (Wildman–Crippen MR) is 141 cm³/mol. The Hall–Kier alpha value is -3.40. The van der Waals surface area contributed by atoms with Gasteiger partial charge in [-0.25, -0.2) is 9.79 Å². The molecule has 0 aliphatic carbocycles. The molecule has 0 amide bonds. The van der Waals surface area contributed by atoms with Crippen molar-refractivity contribution in [3.63, 3.8) is 0 Å². The van der Waals surface area contributed by atoms with Crippen LogP contribution in [-0.2, 0) is 14.3 Å². The minimum Gasteiger partial charge on any atom is -0.493 e. The Morgan fingerprint density at radius 2 is 1.89 bits per heavy atom. The summed E-state index contributed by atoms with van der Waals surface area (Å²) in [4.78, 5) is 43.1. The zero-order chi connectivity index (χ0) is 26.9. The molecular weight excluding hydrogens is 539 g/mol. The molecule has 1 atom stereocenters. The summed E-state index contributed by atoms with van der Waals surface area (Å²) in [6.07, 6.45) is 1.64. The molecule has 3 aromatic rings. The van der Waals surface area contributed by atoms with Crippen molar-refractivity contribution in [2.45, 2.75) is 26.8 Å². The van der Waals surface area contributed by atoms with Crippen LogP contribution in [-0.4, -0.2) is 30.2 Å². The van der Waals surface area contributed by atoms with Gasteiger partial charge in [-0.15, -0.1) is 0 Å². The van der Waals surface area contributed by atoms with Crippen LogP contribution in [0.5, 0.6) is 11.5 Å². The summed E-state index contributed by atoms with van der Waals surface area (Å²) < 4.78 is 17.6. The number of esters is 2. The number of halogens is 2. The third-order valence-corrected chi connectivity index (χ3v) is 7.01. The van der Waals surface area contributed by atoms with E-state index in [9.17, 15) is 14.4 Å². The lowest BCUT2D eigenvalue weighted by atomic mass is 9.96. The molecule has 8 nitrogen and oxygen atoms in total. The second kappa shape index (κ2) is 10.9. The number of carbonyl (C=O) groups excluding carboxylic acids is 2. The quantitative estimate of drug-likeness (QED) is 0.333. The van der Waals surface area contributed by atoms with Gasteiger partial charge in [-0.05, 0) is 55.3 Å². The molecule has 4 rings (SSSR count). The lowest BCUT2D eigenvalue weighted by Crippen LogP contribution is -2.39. The number of hydrogen-bond acceptors (Lipinski definition) is 8. The first-order chi connectivity index (χ1) is 17.6. The Kier molecular flexibility index (Phi) is 7.87. The van der Waals surface area contributed by atoms with Gasteiger partial charge in [-0.1, -0.05) is 46.7 Å². The molecule has 1 aromatic heterocycles. The number of allylic oxidation sites excluding steroid dienone is 1. The van der Waals surface area contributed by atoms with Crippen molar-refractivity contribution in [3.05, 3.63) is 88.5 Å². The van der Waals surface area contributed by atoms with Gasteiger partial charge < -0.3 is 14.2 Å². The number of rotatable bonds is 6. The maximum atomic E-state index is 13.7. The maximum absolute atomic E-state index is 13.7. The van der Waals surface area contributed by atoms with E-state index in [0.29, 0.717) is 31.2 Å². The van der Waals surface area contributed by atoms with Gasteiger partial charge in [0.1, 0.15) is 0 Å². The summed E-state index contributed by atoms with van der Waals surface area (Å²) in [6, 6.07) is 9.34. The van der Waals surface area contributed by atoms with E-state index in [4.69, 9.17) is 37.4 Å². The zero-order valence-corrected chi connectivity index (χ0v) is 22.7. The molecule has 37 heavy (non-hydrogen) atoms. The third-order valence-electron chi connectivity index (χ3n) is 5.50. The van der Waals surface area contributed by atoms with Crippen molar-refractivity contribution < 1.29 is 23.8 Å². The Morgan fingerprint density at radius 1 is 1.19 bits per heavy atom. The van der Waals surface area contributed by atoms with E-state index in [-0.39, 0.29) is 34.3 Å². The van der Waals surface area contributed by atoms with Crippen molar-refractivity contribution in [1.29, 1.82) is 0 Å². The molecule has 192 valence electrons. The van der Waals surface area contributed by atoms with Crippen LogP contribution >= 0.6 is 34.5 Å². The summed E-state index contributed by atoms with van der Waals surface area (Å²) in [5.74, 6) is -0.763. The van der Waals surface area contributed by atoms with E-state index in [1.54, 1.807) is 56.3 Å². The molecule has 2 heterocycles. The maximum Gasteiger partial charge on any atom is 0.338 e. The average molecular weight is 561 g/mol. The lowest BCUT2D eigenvalue weighted by molar-refractivity contribution is -0.139. The number of aromatic nitrogens is 1.